The highest BCUT2D eigenvalue weighted by Gasteiger charge is 2.31. The normalized spacial score (nSPS) is 11.7. The minimum absolute atomic E-state index is 0.279. The van der Waals surface area contributed by atoms with Gasteiger partial charge in [-0.15, -0.1) is 26.3 Å². The molecule has 0 saturated carbocycles. The van der Waals surface area contributed by atoms with Gasteiger partial charge in [0.05, 0.1) is 12.4 Å². The van der Waals surface area contributed by atoms with Crippen LogP contribution in [0.3, 0.4) is 0 Å². The van der Waals surface area contributed by atoms with Crippen molar-refractivity contribution in [1.82, 2.24) is 9.97 Å². The molecule has 0 saturated heterocycles. The fraction of sp³-hybridized carbons (Fsp3) is 0.111. The number of nitrogens with one attached hydrogen (secondary N) is 2. The van der Waals surface area contributed by atoms with E-state index in [9.17, 15) is 26.3 Å². The van der Waals surface area contributed by atoms with Crippen molar-refractivity contribution in [2.75, 3.05) is 10.6 Å². The Labute approximate surface area is 165 Å². The van der Waals surface area contributed by atoms with E-state index >= 15 is 0 Å². The Morgan fingerprint density at radius 2 is 0.967 bits per heavy atom. The van der Waals surface area contributed by atoms with Gasteiger partial charge in [0.2, 0.25) is 0 Å². The Balaban J connectivity index is 1.63. The first kappa shape index (κ1) is 21.0. The monoisotopic (exact) mass is 430 g/mol. The van der Waals surface area contributed by atoms with Gasteiger partial charge in [-0.05, 0) is 48.5 Å². The Kier molecular flexibility index (Phi) is 5.85. The summed E-state index contributed by atoms with van der Waals surface area (Å²) in [5, 5.41) is 5.72. The van der Waals surface area contributed by atoms with E-state index in [0.717, 1.165) is 24.3 Å². The largest absolute Gasteiger partial charge is 0.573 e. The third-order valence-electron chi connectivity index (χ3n) is 3.36. The number of halogens is 6. The molecule has 0 aliphatic rings. The zero-order chi connectivity index (χ0) is 21.8. The Morgan fingerprint density at radius 3 is 1.30 bits per heavy atom. The van der Waals surface area contributed by atoms with Crippen LogP contribution < -0.4 is 20.1 Å². The number of aromatic nitrogens is 2. The molecule has 2 N–H and O–H groups in total. The van der Waals surface area contributed by atoms with Crippen molar-refractivity contribution >= 4 is 23.0 Å². The molecule has 0 fully saturated rings. The van der Waals surface area contributed by atoms with Crippen LogP contribution >= 0.6 is 0 Å². The van der Waals surface area contributed by atoms with Crippen molar-refractivity contribution < 1.29 is 35.8 Å². The molecule has 1 heterocycles. The third kappa shape index (κ3) is 6.72. The van der Waals surface area contributed by atoms with Crippen molar-refractivity contribution in [3.8, 4) is 11.5 Å². The lowest BCUT2D eigenvalue weighted by Gasteiger charge is -2.11. The number of alkyl halides is 6. The minimum atomic E-state index is -4.78. The summed E-state index contributed by atoms with van der Waals surface area (Å²) in [5.41, 5.74) is 0.870. The van der Waals surface area contributed by atoms with E-state index in [1.807, 2.05) is 0 Å². The van der Waals surface area contributed by atoms with E-state index in [4.69, 9.17) is 0 Å². The second-order valence-electron chi connectivity index (χ2n) is 5.68. The summed E-state index contributed by atoms with van der Waals surface area (Å²) in [5.74, 6) is -0.178. The number of benzene rings is 2. The third-order valence-corrected chi connectivity index (χ3v) is 3.36. The Morgan fingerprint density at radius 1 is 0.600 bits per heavy atom. The quantitative estimate of drug-likeness (QED) is 0.485. The second-order valence-corrected chi connectivity index (χ2v) is 5.68. The van der Waals surface area contributed by atoms with E-state index in [0.29, 0.717) is 11.4 Å². The first-order chi connectivity index (χ1) is 14.1. The summed E-state index contributed by atoms with van der Waals surface area (Å²) in [7, 11) is 0. The fourth-order valence-electron chi connectivity index (χ4n) is 2.26. The van der Waals surface area contributed by atoms with Gasteiger partial charge >= 0.3 is 12.7 Å². The van der Waals surface area contributed by atoms with Crippen molar-refractivity contribution in [3.63, 3.8) is 0 Å². The first-order valence-corrected chi connectivity index (χ1v) is 8.13. The zero-order valence-corrected chi connectivity index (χ0v) is 14.8. The van der Waals surface area contributed by atoms with Crippen LogP contribution in [-0.4, -0.2) is 22.7 Å². The van der Waals surface area contributed by atoms with E-state index < -0.39 is 12.7 Å². The maximum atomic E-state index is 12.2. The van der Waals surface area contributed by atoms with Gasteiger partial charge < -0.3 is 20.1 Å². The van der Waals surface area contributed by atoms with Crippen LogP contribution in [0.1, 0.15) is 0 Å². The van der Waals surface area contributed by atoms with E-state index in [-0.39, 0.29) is 23.1 Å². The molecule has 0 aliphatic heterocycles. The molecule has 0 amide bonds. The Bertz CT molecular complexity index is 899. The number of hydrogen-bond acceptors (Lipinski definition) is 6. The lowest BCUT2D eigenvalue weighted by molar-refractivity contribution is -0.275. The summed E-state index contributed by atoms with van der Waals surface area (Å²) < 4.78 is 80.7. The molecule has 0 radical (unpaired) electrons. The Hall–Kier alpha value is -3.70. The molecule has 0 atom stereocenters. The van der Waals surface area contributed by atoms with Gasteiger partial charge in [0.15, 0.2) is 11.6 Å². The summed E-state index contributed by atoms with van der Waals surface area (Å²) in [6.07, 6.45) is -6.80. The van der Waals surface area contributed by atoms with Crippen LogP contribution in [0, 0.1) is 0 Å². The molecular weight excluding hydrogens is 418 g/mol. The van der Waals surface area contributed by atoms with Crippen molar-refractivity contribution in [1.29, 1.82) is 0 Å². The number of anilines is 4. The van der Waals surface area contributed by atoms with Gasteiger partial charge in [-0.2, -0.15) is 0 Å². The smallest absolute Gasteiger partial charge is 0.406 e. The molecule has 30 heavy (non-hydrogen) atoms. The average Bonchev–Trinajstić information content (AvgIpc) is 2.63. The van der Waals surface area contributed by atoms with Crippen molar-refractivity contribution in [2.45, 2.75) is 12.7 Å². The van der Waals surface area contributed by atoms with Gasteiger partial charge in [-0.3, -0.25) is 4.98 Å². The summed E-state index contributed by atoms with van der Waals surface area (Å²) in [6.45, 7) is 0. The summed E-state index contributed by atoms with van der Waals surface area (Å²) >= 11 is 0. The van der Waals surface area contributed by atoms with E-state index in [2.05, 4.69) is 30.1 Å². The van der Waals surface area contributed by atoms with E-state index in [1.54, 1.807) is 0 Å². The molecule has 0 spiro atoms. The van der Waals surface area contributed by atoms with Crippen molar-refractivity contribution in [3.05, 3.63) is 60.9 Å². The van der Waals surface area contributed by atoms with Gasteiger partial charge in [-0.1, -0.05) is 0 Å². The molecule has 12 heteroatoms. The molecule has 2 aromatic carbocycles. The highest BCUT2D eigenvalue weighted by Crippen LogP contribution is 2.27. The lowest BCUT2D eigenvalue weighted by Crippen LogP contribution is -2.17. The molecule has 0 aliphatic carbocycles. The minimum Gasteiger partial charge on any atom is -0.406 e. The van der Waals surface area contributed by atoms with Crippen LogP contribution in [0.25, 0.3) is 0 Å². The summed E-state index contributed by atoms with van der Waals surface area (Å²) in [4.78, 5) is 8.19. The van der Waals surface area contributed by atoms with Crippen LogP contribution in [0.2, 0.25) is 0 Å². The topological polar surface area (TPSA) is 68.3 Å². The van der Waals surface area contributed by atoms with Crippen LogP contribution in [0.5, 0.6) is 11.5 Å². The molecule has 158 valence electrons. The van der Waals surface area contributed by atoms with Gasteiger partial charge in [-0.25, -0.2) is 4.98 Å². The molecular formula is C18H12F6N4O2. The van der Waals surface area contributed by atoms with Gasteiger partial charge in [0.25, 0.3) is 0 Å². The van der Waals surface area contributed by atoms with Crippen LogP contribution in [-0.2, 0) is 0 Å². The molecule has 3 aromatic rings. The van der Waals surface area contributed by atoms with Crippen LogP contribution in [0.15, 0.2) is 60.9 Å². The SMILES string of the molecule is FC(F)(F)Oc1ccc(Nc2cncc(Nc3ccc(OC(F)(F)F)cc3)n2)cc1. The summed E-state index contributed by atoms with van der Waals surface area (Å²) in [6, 6.07) is 9.99. The predicted octanol–water partition coefficient (Wildman–Crippen LogP) is 5.76. The molecule has 0 unspecified atom stereocenters. The lowest BCUT2D eigenvalue weighted by atomic mass is 10.3. The maximum absolute atomic E-state index is 12.2. The standard InChI is InChI=1S/C18H12F6N4O2/c19-17(20,21)29-13-5-1-11(2-6-13)26-15-9-25-10-16(28-15)27-12-3-7-14(8-4-12)30-18(22,23)24/h1-10H,(H2,26,27,28). The second kappa shape index (κ2) is 8.35. The van der Waals surface area contributed by atoms with Crippen LogP contribution in [0.4, 0.5) is 49.4 Å². The van der Waals surface area contributed by atoms with Gasteiger partial charge in [0, 0.05) is 11.4 Å². The van der Waals surface area contributed by atoms with Crippen molar-refractivity contribution in [2.24, 2.45) is 0 Å². The highest BCUT2D eigenvalue weighted by atomic mass is 19.4. The number of nitrogens with zero attached hydrogens (tertiary/aromatic N) is 2. The van der Waals surface area contributed by atoms with E-state index in [1.165, 1.54) is 36.7 Å². The highest BCUT2D eigenvalue weighted by molar-refractivity contribution is 5.61. The van der Waals surface area contributed by atoms with Gasteiger partial charge in [0.1, 0.15) is 11.5 Å². The molecule has 1 aromatic heterocycles. The molecule has 6 nitrogen and oxygen atoms in total. The number of ether oxygens (including phenoxy) is 2. The predicted molar refractivity (Wildman–Crippen MR) is 94.8 cm³/mol. The number of rotatable bonds is 6. The first-order valence-electron chi connectivity index (χ1n) is 8.13. The molecule has 0 bridgehead atoms. The number of hydrogen-bond donors (Lipinski definition) is 2. The average molecular weight is 430 g/mol. The maximum Gasteiger partial charge on any atom is 0.573 e. The zero-order valence-electron chi connectivity index (χ0n) is 14.8. The molecule has 3 rings (SSSR count). The fourth-order valence-corrected chi connectivity index (χ4v) is 2.26.